The molecule has 70 valence electrons. The van der Waals surface area contributed by atoms with Crippen LogP contribution in [0.2, 0.25) is 0 Å². The maximum absolute atomic E-state index is 11.4. The molecule has 1 rings (SSSR count). The normalized spacial score (nSPS) is 17.8. The predicted molar refractivity (Wildman–Crippen MR) is 51.5 cm³/mol. The molecule has 1 aliphatic rings. The van der Waals surface area contributed by atoms with Crippen molar-refractivity contribution in [3.8, 4) is 0 Å². The highest BCUT2D eigenvalue weighted by Gasteiger charge is 2.21. The van der Waals surface area contributed by atoms with Gasteiger partial charge in [0.25, 0.3) is 0 Å². The third-order valence-electron chi connectivity index (χ3n) is 1.67. The van der Waals surface area contributed by atoms with Crippen LogP contribution >= 0.6 is 22.6 Å². The molecule has 13 heavy (non-hydrogen) atoms. The molecule has 0 saturated carbocycles. The van der Waals surface area contributed by atoms with Crippen LogP contribution in [0.25, 0.3) is 0 Å². The minimum Gasteiger partial charge on any atom is -0.871 e. The van der Waals surface area contributed by atoms with Gasteiger partial charge in [0.1, 0.15) is 0 Å². The molecule has 0 saturated heterocycles. The summed E-state index contributed by atoms with van der Waals surface area (Å²) >= 11 is 1.61. The van der Waals surface area contributed by atoms with Crippen molar-refractivity contribution in [2.24, 2.45) is 0 Å². The zero-order valence-corrected chi connectivity index (χ0v) is 8.96. The predicted octanol–water partition coefficient (Wildman–Crippen LogP) is -1.30. The molecule has 0 aliphatic heterocycles. The summed E-state index contributed by atoms with van der Waals surface area (Å²) in [5, 5.41) is 11.4. The molecule has 0 unspecified atom stereocenters. The molecule has 0 spiro atoms. The van der Waals surface area contributed by atoms with Gasteiger partial charge in [-0.3, -0.25) is 9.59 Å². The second kappa shape index (κ2) is 4.01. The first-order valence-electron chi connectivity index (χ1n) is 3.73. The van der Waals surface area contributed by atoms with Gasteiger partial charge in [-0.15, -0.1) is 0 Å². The number of rotatable bonds is 2. The summed E-state index contributed by atoms with van der Waals surface area (Å²) in [4.78, 5) is 22.0. The molecule has 0 bridgehead atoms. The van der Waals surface area contributed by atoms with Crippen LogP contribution in [-0.4, -0.2) is 18.1 Å². The van der Waals surface area contributed by atoms with E-state index >= 15 is 0 Å². The Kier molecular flexibility index (Phi) is 3.21. The maximum Gasteiger partial charge on any atom is 0.238 e. The van der Waals surface area contributed by atoms with Crippen LogP contribution in [-0.2, 0) is 9.59 Å². The van der Waals surface area contributed by atoms with E-state index in [2.05, 4.69) is 5.73 Å². The van der Waals surface area contributed by atoms with E-state index < -0.39 is 11.6 Å². The molecule has 0 radical (unpaired) electrons. The number of hydrogen-bond acceptors (Lipinski definition) is 3. The number of carbonyl (C=O) groups is 2. The number of hydrogen-bond donors (Lipinski definition) is 1. The maximum atomic E-state index is 11.4. The summed E-state index contributed by atoms with van der Waals surface area (Å²) in [5.41, 5.74) is 3.97. The van der Waals surface area contributed by atoms with E-state index in [1.807, 2.05) is 0 Å². The molecule has 0 amide bonds. The van der Waals surface area contributed by atoms with Crippen LogP contribution in [0.1, 0.15) is 6.42 Å². The lowest BCUT2D eigenvalue weighted by Crippen LogP contribution is -2.50. The molecule has 1 aliphatic carbocycles. The Morgan fingerprint density at radius 3 is 2.62 bits per heavy atom. The smallest absolute Gasteiger partial charge is 0.238 e. The summed E-state index contributed by atoms with van der Waals surface area (Å²) in [7, 11) is 0. The number of ketones is 2. The summed E-state index contributed by atoms with van der Waals surface area (Å²) in [6.07, 6.45) is 1.57. The Bertz CT molecular complexity index is 330. The number of allylic oxidation sites excluding steroid dienone is 3. The van der Waals surface area contributed by atoms with Crippen LogP contribution in [0.4, 0.5) is 0 Å². The molecule has 0 heterocycles. The van der Waals surface area contributed by atoms with Gasteiger partial charge in [0.15, 0.2) is 0 Å². The van der Waals surface area contributed by atoms with E-state index in [9.17, 15) is 14.7 Å². The summed E-state index contributed by atoms with van der Waals surface area (Å²) in [5.74, 6) is -1.63. The quantitative estimate of drug-likeness (QED) is 0.390. The molecule has 0 aromatic carbocycles. The summed E-state index contributed by atoms with van der Waals surface area (Å²) < 4.78 is -0.00597. The van der Waals surface area contributed by atoms with E-state index in [1.54, 1.807) is 22.6 Å². The van der Waals surface area contributed by atoms with E-state index in [1.165, 1.54) is 0 Å². The highest BCUT2D eigenvalue weighted by atomic mass is 127. The lowest BCUT2D eigenvalue weighted by molar-refractivity contribution is -0.367. The second-order valence-electron chi connectivity index (χ2n) is 2.61. The summed E-state index contributed by atoms with van der Waals surface area (Å²) in [6, 6.07) is 0. The zero-order valence-electron chi connectivity index (χ0n) is 6.80. The van der Waals surface area contributed by atoms with Gasteiger partial charge < -0.3 is 10.8 Å². The van der Waals surface area contributed by atoms with Gasteiger partial charge in [-0.1, -0.05) is 5.76 Å². The van der Waals surface area contributed by atoms with Gasteiger partial charge in [-0.05, 0) is 34.2 Å². The van der Waals surface area contributed by atoms with Gasteiger partial charge in [0.2, 0.25) is 11.6 Å². The zero-order chi connectivity index (χ0) is 10.0. The lowest BCUT2D eigenvalue weighted by Gasteiger charge is -2.20. The molecule has 0 atom stereocenters. The van der Waals surface area contributed by atoms with Crippen LogP contribution in [0.5, 0.6) is 0 Å². The first-order chi connectivity index (χ1) is 6.07. The number of halogens is 1. The SMILES string of the molecule is [NH3+]CCC1=CC(=O)C(=O)C(I)=C1[O-]. The fourth-order valence-corrected chi connectivity index (χ4v) is 1.63. The molecular weight excluding hydrogens is 285 g/mol. The van der Waals surface area contributed by atoms with Gasteiger partial charge >= 0.3 is 0 Å². The van der Waals surface area contributed by atoms with Crippen molar-refractivity contribution >= 4 is 34.2 Å². The number of carbonyl (C=O) groups excluding carboxylic acids is 2. The van der Waals surface area contributed by atoms with Crippen LogP contribution < -0.4 is 10.8 Å². The van der Waals surface area contributed by atoms with E-state index in [0.717, 1.165) is 6.08 Å². The Morgan fingerprint density at radius 2 is 2.08 bits per heavy atom. The van der Waals surface area contributed by atoms with Gasteiger partial charge in [-0.2, -0.15) is 0 Å². The van der Waals surface area contributed by atoms with Gasteiger partial charge in [0.05, 0.1) is 10.1 Å². The Labute approximate surface area is 88.6 Å². The van der Waals surface area contributed by atoms with Crippen molar-refractivity contribution in [1.29, 1.82) is 0 Å². The number of quaternary nitrogens is 1. The first-order valence-corrected chi connectivity index (χ1v) is 4.81. The lowest BCUT2D eigenvalue weighted by atomic mass is 10.0. The Hall–Kier alpha value is -0.690. The van der Waals surface area contributed by atoms with Crippen LogP contribution in [0.3, 0.4) is 0 Å². The van der Waals surface area contributed by atoms with E-state index in [0.29, 0.717) is 18.5 Å². The van der Waals surface area contributed by atoms with Crippen molar-refractivity contribution in [2.45, 2.75) is 6.42 Å². The molecule has 5 heteroatoms. The van der Waals surface area contributed by atoms with Crippen molar-refractivity contribution < 1.29 is 20.4 Å². The molecule has 0 aromatic rings. The third kappa shape index (κ3) is 1.97. The number of Topliss-reactive ketones (excluding diaryl/α,β-unsaturated/α-hetero) is 1. The Balaban J connectivity index is 3.06. The minimum absolute atomic E-state index is 0.00597. The van der Waals surface area contributed by atoms with Crippen molar-refractivity contribution in [3.05, 3.63) is 21.0 Å². The Morgan fingerprint density at radius 1 is 1.46 bits per heavy atom. The average Bonchev–Trinajstić information content (AvgIpc) is 2.11. The second-order valence-corrected chi connectivity index (χ2v) is 3.69. The first kappa shape index (κ1) is 10.4. The summed E-state index contributed by atoms with van der Waals surface area (Å²) in [6.45, 7) is 0.545. The van der Waals surface area contributed by atoms with E-state index in [4.69, 9.17) is 0 Å². The minimum atomic E-state index is -0.696. The monoisotopic (exact) mass is 293 g/mol. The van der Waals surface area contributed by atoms with E-state index in [-0.39, 0.29) is 9.34 Å². The van der Waals surface area contributed by atoms with Gasteiger partial charge in [0, 0.05) is 6.42 Å². The largest absolute Gasteiger partial charge is 0.871 e. The van der Waals surface area contributed by atoms with Gasteiger partial charge in [-0.25, -0.2) is 0 Å². The fraction of sp³-hybridized carbons (Fsp3) is 0.250. The highest BCUT2D eigenvalue weighted by Crippen LogP contribution is 2.23. The van der Waals surface area contributed by atoms with Crippen LogP contribution in [0.15, 0.2) is 21.0 Å². The van der Waals surface area contributed by atoms with Crippen LogP contribution in [0, 0.1) is 0 Å². The van der Waals surface area contributed by atoms with Crippen molar-refractivity contribution in [3.63, 3.8) is 0 Å². The molecular formula is C8H8INO3. The highest BCUT2D eigenvalue weighted by molar-refractivity contribution is 14.1. The molecule has 3 N–H and O–H groups in total. The molecule has 0 fully saturated rings. The molecule has 4 nitrogen and oxygen atoms in total. The van der Waals surface area contributed by atoms with Crippen molar-refractivity contribution in [2.75, 3.05) is 6.54 Å². The molecule has 0 aromatic heterocycles. The standard InChI is InChI=1S/C8H8INO3/c9-6-7(12)4(1-2-10)3-5(11)8(6)13/h3,12H,1-2,10H2. The van der Waals surface area contributed by atoms with Crippen molar-refractivity contribution in [1.82, 2.24) is 0 Å². The average molecular weight is 293 g/mol. The topological polar surface area (TPSA) is 84.8 Å². The third-order valence-corrected chi connectivity index (χ3v) is 2.65. The fourth-order valence-electron chi connectivity index (χ4n) is 1.02.